The maximum Gasteiger partial charge on any atom is 0.0647 e. The number of ether oxygens (including phenoxy) is 1. The molecule has 2 nitrogen and oxygen atoms in total. The van der Waals surface area contributed by atoms with E-state index in [0.29, 0.717) is 0 Å². The first-order chi connectivity index (χ1) is 7.76. The van der Waals surface area contributed by atoms with Gasteiger partial charge < -0.3 is 10.1 Å². The van der Waals surface area contributed by atoms with E-state index in [1.54, 1.807) is 7.11 Å². The quantitative estimate of drug-likeness (QED) is 0.839. The zero-order chi connectivity index (χ0) is 11.4. The minimum absolute atomic E-state index is 0.168. The standard InChI is InChI=1S/C14H21NO/c1-12-6-3-4-7-13(12)10-14(11-16-2)8-5-9-15-14/h3-4,6-7,15H,5,8-11H2,1-2H3. The van der Waals surface area contributed by atoms with Crippen LogP contribution in [0.1, 0.15) is 24.0 Å². The summed E-state index contributed by atoms with van der Waals surface area (Å²) in [6, 6.07) is 8.64. The molecule has 1 unspecified atom stereocenters. The van der Waals surface area contributed by atoms with Crippen molar-refractivity contribution < 1.29 is 4.74 Å². The Morgan fingerprint density at radius 1 is 1.38 bits per heavy atom. The Balaban J connectivity index is 2.14. The van der Waals surface area contributed by atoms with Crippen LogP contribution in [-0.4, -0.2) is 25.8 Å². The van der Waals surface area contributed by atoms with Crippen LogP contribution in [0.25, 0.3) is 0 Å². The molecular formula is C14H21NO. The molecule has 16 heavy (non-hydrogen) atoms. The number of aryl methyl sites for hydroxylation is 1. The van der Waals surface area contributed by atoms with Gasteiger partial charge in [0, 0.05) is 12.6 Å². The molecule has 0 saturated carbocycles. The van der Waals surface area contributed by atoms with Crippen LogP contribution in [0.3, 0.4) is 0 Å². The number of rotatable bonds is 4. The SMILES string of the molecule is COCC1(Cc2ccccc2C)CCCN1. The van der Waals surface area contributed by atoms with Crippen LogP contribution in [0.4, 0.5) is 0 Å². The topological polar surface area (TPSA) is 21.3 Å². The maximum atomic E-state index is 5.38. The number of hydrogen-bond acceptors (Lipinski definition) is 2. The molecular weight excluding hydrogens is 198 g/mol. The summed E-state index contributed by atoms with van der Waals surface area (Å²) in [6.45, 7) is 4.11. The van der Waals surface area contributed by atoms with Gasteiger partial charge in [0.2, 0.25) is 0 Å². The highest BCUT2D eigenvalue weighted by atomic mass is 16.5. The van der Waals surface area contributed by atoms with Gasteiger partial charge in [0.25, 0.3) is 0 Å². The van der Waals surface area contributed by atoms with Crippen LogP contribution in [0.5, 0.6) is 0 Å². The zero-order valence-corrected chi connectivity index (χ0v) is 10.3. The van der Waals surface area contributed by atoms with Crippen molar-refractivity contribution >= 4 is 0 Å². The average molecular weight is 219 g/mol. The summed E-state index contributed by atoms with van der Waals surface area (Å²) in [5.41, 5.74) is 2.99. The number of benzene rings is 1. The molecule has 1 heterocycles. The van der Waals surface area contributed by atoms with Gasteiger partial charge in [0.05, 0.1) is 6.61 Å². The first-order valence-corrected chi connectivity index (χ1v) is 6.04. The van der Waals surface area contributed by atoms with E-state index in [-0.39, 0.29) is 5.54 Å². The Morgan fingerprint density at radius 2 is 2.19 bits per heavy atom. The van der Waals surface area contributed by atoms with Gasteiger partial charge in [-0.15, -0.1) is 0 Å². The molecule has 0 bridgehead atoms. The molecule has 1 atom stereocenters. The predicted octanol–water partition coefficient (Wildman–Crippen LogP) is 2.31. The fourth-order valence-corrected chi connectivity index (χ4v) is 2.64. The highest BCUT2D eigenvalue weighted by molar-refractivity contribution is 5.28. The number of methoxy groups -OCH3 is 1. The summed E-state index contributed by atoms with van der Waals surface area (Å²) in [5, 5.41) is 3.62. The normalized spacial score (nSPS) is 24.9. The van der Waals surface area contributed by atoms with Gasteiger partial charge in [-0.1, -0.05) is 24.3 Å². The van der Waals surface area contributed by atoms with Crippen molar-refractivity contribution in [1.29, 1.82) is 0 Å². The fraction of sp³-hybridized carbons (Fsp3) is 0.571. The van der Waals surface area contributed by atoms with Crippen LogP contribution in [-0.2, 0) is 11.2 Å². The van der Waals surface area contributed by atoms with Crippen LogP contribution < -0.4 is 5.32 Å². The molecule has 1 saturated heterocycles. The Kier molecular flexibility index (Phi) is 3.62. The molecule has 0 amide bonds. The van der Waals surface area contributed by atoms with E-state index in [0.717, 1.165) is 19.6 Å². The Hall–Kier alpha value is -0.860. The van der Waals surface area contributed by atoms with E-state index in [1.807, 2.05) is 0 Å². The summed E-state index contributed by atoms with van der Waals surface area (Å²) in [7, 11) is 1.79. The van der Waals surface area contributed by atoms with Crippen molar-refractivity contribution in [2.24, 2.45) is 0 Å². The van der Waals surface area contributed by atoms with E-state index in [1.165, 1.54) is 24.0 Å². The summed E-state index contributed by atoms with van der Waals surface area (Å²) in [4.78, 5) is 0. The second kappa shape index (κ2) is 4.98. The number of hydrogen-bond donors (Lipinski definition) is 1. The lowest BCUT2D eigenvalue weighted by molar-refractivity contribution is 0.120. The minimum Gasteiger partial charge on any atom is -0.383 e. The van der Waals surface area contributed by atoms with E-state index < -0.39 is 0 Å². The third kappa shape index (κ3) is 2.45. The molecule has 1 aromatic rings. The van der Waals surface area contributed by atoms with Crippen LogP contribution in [0.15, 0.2) is 24.3 Å². The highest BCUT2D eigenvalue weighted by Crippen LogP contribution is 2.25. The summed E-state index contributed by atoms with van der Waals surface area (Å²) in [6.07, 6.45) is 3.55. The number of nitrogens with one attached hydrogen (secondary N) is 1. The van der Waals surface area contributed by atoms with E-state index in [9.17, 15) is 0 Å². The Labute approximate surface area is 98.0 Å². The van der Waals surface area contributed by atoms with Crippen molar-refractivity contribution in [2.75, 3.05) is 20.3 Å². The van der Waals surface area contributed by atoms with Gasteiger partial charge in [0.15, 0.2) is 0 Å². The van der Waals surface area contributed by atoms with Crippen LogP contribution in [0, 0.1) is 6.92 Å². The van der Waals surface area contributed by atoms with Gasteiger partial charge in [0.1, 0.15) is 0 Å². The first kappa shape index (κ1) is 11.6. The van der Waals surface area contributed by atoms with Crippen molar-refractivity contribution in [3.8, 4) is 0 Å². The molecule has 88 valence electrons. The summed E-state index contributed by atoms with van der Waals surface area (Å²) < 4.78 is 5.38. The van der Waals surface area contributed by atoms with Gasteiger partial charge in [-0.25, -0.2) is 0 Å². The Morgan fingerprint density at radius 3 is 2.81 bits per heavy atom. The van der Waals surface area contributed by atoms with Gasteiger partial charge in [-0.05, 0) is 43.9 Å². The van der Waals surface area contributed by atoms with Gasteiger partial charge in [-0.2, -0.15) is 0 Å². The minimum atomic E-state index is 0.168. The molecule has 1 aromatic carbocycles. The molecule has 1 aliphatic heterocycles. The van der Waals surface area contributed by atoms with Crippen molar-refractivity contribution in [3.05, 3.63) is 35.4 Å². The second-order valence-corrected chi connectivity index (χ2v) is 4.85. The van der Waals surface area contributed by atoms with Gasteiger partial charge in [-0.3, -0.25) is 0 Å². The third-order valence-electron chi connectivity index (χ3n) is 3.54. The molecule has 1 fully saturated rings. The smallest absolute Gasteiger partial charge is 0.0647 e. The molecule has 2 rings (SSSR count). The highest BCUT2D eigenvalue weighted by Gasteiger charge is 2.33. The fourth-order valence-electron chi connectivity index (χ4n) is 2.64. The van der Waals surface area contributed by atoms with E-state index in [4.69, 9.17) is 4.74 Å². The molecule has 2 heteroatoms. The first-order valence-electron chi connectivity index (χ1n) is 6.04. The van der Waals surface area contributed by atoms with E-state index >= 15 is 0 Å². The summed E-state index contributed by atoms with van der Waals surface area (Å²) in [5.74, 6) is 0. The van der Waals surface area contributed by atoms with Crippen molar-refractivity contribution in [3.63, 3.8) is 0 Å². The van der Waals surface area contributed by atoms with Crippen molar-refractivity contribution in [2.45, 2.75) is 31.7 Å². The molecule has 1 aliphatic rings. The summed E-state index contributed by atoms with van der Waals surface area (Å²) >= 11 is 0. The molecule has 0 radical (unpaired) electrons. The van der Waals surface area contributed by atoms with Crippen molar-refractivity contribution in [1.82, 2.24) is 5.32 Å². The molecule has 0 aliphatic carbocycles. The lowest BCUT2D eigenvalue weighted by atomic mass is 9.88. The largest absolute Gasteiger partial charge is 0.383 e. The maximum absolute atomic E-state index is 5.38. The lowest BCUT2D eigenvalue weighted by Gasteiger charge is -2.29. The second-order valence-electron chi connectivity index (χ2n) is 4.85. The zero-order valence-electron chi connectivity index (χ0n) is 10.3. The Bertz CT molecular complexity index is 342. The monoisotopic (exact) mass is 219 g/mol. The third-order valence-corrected chi connectivity index (χ3v) is 3.54. The average Bonchev–Trinajstić information content (AvgIpc) is 2.71. The van der Waals surface area contributed by atoms with Crippen LogP contribution >= 0.6 is 0 Å². The van der Waals surface area contributed by atoms with Crippen LogP contribution in [0.2, 0.25) is 0 Å². The van der Waals surface area contributed by atoms with Gasteiger partial charge >= 0.3 is 0 Å². The lowest BCUT2D eigenvalue weighted by Crippen LogP contribution is -2.46. The predicted molar refractivity (Wildman–Crippen MR) is 66.7 cm³/mol. The van der Waals surface area contributed by atoms with E-state index in [2.05, 4.69) is 36.5 Å². The molecule has 0 spiro atoms. The molecule has 1 N–H and O–H groups in total. The molecule has 0 aromatic heterocycles.